The van der Waals surface area contributed by atoms with E-state index in [9.17, 15) is 14.9 Å². The molecule has 1 N–H and O–H groups in total. The second kappa shape index (κ2) is 7.59. The molecule has 0 amide bonds. The summed E-state index contributed by atoms with van der Waals surface area (Å²) >= 11 is 0. The number of nitro groups is 1. The first-order valence-corrected chi connectivity index (χ1v) is 6.60. The van der Waals surface area contributed by atoms with Crippen LogP contribution in [0.4, 0.5) is 5.69 Å². The number of hydrogen-bond acceptors (Lipinski definition) is 4. The fourth-order valence-electron chi connectivity index (χ4n) is 1.99. The number of para-hydroxylation sites is 1. The van der Waals surface area contributed by atoms with Crippen LogP contribution in [0.15, 0.2) is 24.3 Å². The summed E-state index contributed by atoms with van der Waals surface area (Å²) < 4.78 is 0. The van der Waals surface area contributed by atoms with Gasteiger partial charge in [-0.2, -0.15) is 0 Å². The molecule has 0 aliphatic heterocycles. The molecule has 0 atom stereocenters. The van der Waals surface area contributed by atoms with E-state index in [1.807, 2.05) is 18.7 Å². The number of carbonyl (C=O) groups is 1. The third-order valence-corrected chi connectivity index (χ3v) is 3.13. The number of benzene rings is 1. The normalized spacial score (nSPS) is 11.0. The first-order chi connectivity index (χ1) is 9.41. The molecule has 6 nitrogen and oxygen atoms in total. The highest BCUT2D eigenvalue weighted by atomic mass is 16.6. The zero-order valence-corrected chi connectivity index (χ0v) is 11.8. The van der Waals surface area contributed by atoms with Crippen molar-refractivity contribution in [3.63, 3.8) is 0 Å². The van der Waals surface area contributed by atoms with Gasteiger partial charge in [0.05, 0.1) is 4.92 Å². The molecule has 1 aromatic carbocycles. The molecule has 0 aliphatic rings. The quantitative estimate of drug-likeness (QED) is 0.584. The number of carboxylic acid groups (broad SMARTS) is 1. The summed E-state index contributed by atoms with van der Waals surface area (Å²) in [6, 6.07) is 6.85. The zero-order chi connectivity index (χ0) is 15.1. The van der Waals surface area contributed by atoms with E-state index in [0.29, 0.717) is 25.1 Å². The molecule has 0 saturated carbocycles. The van der Waals surface area contributed by atoms with Gasteiger partial charge in [0.15, 0.2) is 0 Å². The Balaban J connectivity index is 2.75. The van der Waals surface area contributed by atoms with Crippen LogP contribution in [0.1, 0.15) is 32.3 Å². The van der Waals surface area contributed by atoms with Crippen molar-refractivity contribution in [1.29, 1.82) is 0 Å². The largest absolute Gasteiger partial charge is 0.481 e. The monoisotopic (exact) mass is 280 g/mol. The van der Waals surface area contributed by atoms with Gasteiger partial charge in [-0.15, -0.1) is 0 Å². The maximum Gasteiger partial charge on any atom is 0.303 e. The summed E-state index contributed by atoms with van der Waals surface area (Å²) in [5.74, 6) is -0.820. The third-order valence-electron chi connectivity index (χ3n) is 3.13. The molecule has 20 heavy (non-hydrogen) atoms. The van der Waals surface area contributed by atoms with Gasteiger partial charge in [-0.25, -0.2) is 0 Å². The fraction of sp³-hybridized carbons (Fsp3) is 0.500. The Hall–Kier alpha value is -1.95. The summed E-state index contributed by atoms with van der Waals surface area (Å²) in [6.45, 7) is 5.05. The first kappa shape index (κ1) is 16.1. The smallest absolute Gasteiger partial charge is 0.303 e. The Bertz CT molecular complexity index is 474. The predicted octanol–water partition coefficient (Wildman–Crippen LogP) is 2.67. The Morgan fingerprint density at radius 2 is 2.05 bits per heavy atom. The van der Waals surface area contributed by atoms with Crippen molar-refractivity contribution >= 4 is 11.7 Å². The average Bonchev–Trinajstić information content (AvgIpc) is 2.37. The molecule has 1 aromatic rings. The van der Waals surface area contributed by atoms with Gasteiger partial charge in [0.1, 0.15) is 0 Å². The van der Waals surface area contributed by atoms with E-state index in [1.54, 1.807) is 18.2 Å². The SMILES string of the molecule is CC(C)N(CCCC(=O)O)Cc1ccccc1[N+](=O)[O-]. The minimum atomic E-state index is -0.820. The highest BCUT2D eigenvalue weighted by molar-refractivity contribution is 5.66. The van der Waals surface area contributed by atoms with Gasteiger partial charge in [0, 0.05) is 30.6 Å². The molecule has 0 radical (unpaired) electrons. The van der Waals surface area contributed by atoms with Crippen LogP contribution in [0.5, 0.6) is 0 Å². The molecule has 0 spiro atoms. The molecule has 0 aromatic heterocycles. The topological polar surface area (TPSA) is 83.7 Å². The van der Waals surface area contributed by atoms with Crippen molar-refractivity contribution in [3.05, 3.63) is 39.9 Å². The second-order valence-electron chi connectivity index (χ2n) is 4.95. The highest BCUT2D eigenvalue weighted by Gasteiger charge is 2.17. The molecule has 0 saturated heterocycles. The van der Waals surface area contributed by atoms with Crippen molar-refractivity contribution in [3.8, 4) is 0 Å². The molecule has 0 bridgehead atoms. The van der Waals surface area contributed by atoms with Gasteiger partial charge in [0.25, 0.3) is 5.69 Å². The van der Waals surface area contributed by atoms with Gasteiger partial charge in [-0.3, -0.25) is 19.8 Å². The lowest BCUT2D eigenvalue weighted by molar-refractivity contribution is -0.385. The molecule has 0 unspecified atom stereocenters. The van der Waals surface area contributed by atoms with Crippen molar-refractivity contribution in [1.82, 2.24) is 4.90 Å². The average molecular weight is 280 g/mol. The Labute approximate surface area is 118 Å². The Kier molecular flexibility index (Phi) is 6.11. The number of rotatable bonds is 8. The summed E-state index contributed by atoms with van der Waals surface area (Å²) in [5, 5.41) is 19.6. The highest BCUT2D eigenvalue weighted by Crippen LogP contribution is 2.20. The van der Waals surface area contributed by atoms with Gasteiger partial charge < -0.3 is 5.11 Å². The Morgan fingerprint density at radius 3 is 2.60 bits per heavy atom. The van der Waals surface area contributed by atoms with Crippen LogP contribution in [-0.4, -0.2) is 33.5 Å². The van der Waals surface area contributed by atoms with E-state index < -0.39 is 5.97 Å². The standard InChI is InChI=1S/C14H20N2O4/c1-11(2)15(9-5-8-14(17)18)10-12-6-3-4-7-13(12)16(19)20/h3-4,6-7,11H,5,8-10H2,1-2H3,(H,17,18). The lowest BCUT2D eigenvalue weighted by Gasteiger charge is -2.26. The number of aliphatic carboxylic acids is 1. The van der Waals surface area contributed by atoms with Gasteiger partial charge in [-0.1, -0.05) is 18.2 Å². The number of nitrogens with zero attached hydrogens (tertiary/aromatic N) is 2. The van der Waals surface area contributed by atoms with Crippen molar-refractivity contribution < 1.29 is 14.8 Å². The van der Waals surface area contributed by atoms with E-state index in [1.165, 1.54) is 6.07 Å². The van der Waals surface area contributed by atoms with E-state index in [-0.39, 0.29) is 23.1 Å². The van der Waals surface area contributed by atoms with Crippen molar-refractivity contribution in [2.45, 2.75) is 39.3 Å². The van der Waals surface area contributed by atoms with E-state index >= 15 is 0 Å². The van der Waals surface area contributed by atoms with Gasteiger partial charge >= 0.3 is 5.97 Å². The predicted molar refractivity (Wildman–Crippen MR) is 75.5 cm³/mol. The minimum Gasteiger partial charge on any atom is -0.481 e. The minimum absolute atomic E-state index is 0.108. The molecular formula is C14H20N2O4. The van der Waals surface area contributed by atoms with Crippen LogP contribution in [0.3, 0.4) is 0 Å². The van der Waals surface area contributed by atoms with Crippen LogP contribution in [-0.2, 0) is 11.3 Å². The molecule has 0 fully saturated rings. The van der Waals surface area contributed by atoms with Crippen LogP contribution < -0.4 is 0 Å². The van der Waals surface area contributed by atoms with Gasteiger partial charge in [-0.05, 0) is 26.8 Å². The van der Waals surface area contributed by atoms with Crippen LogP contribution in [0, 0.1) is 10.1 Å². The van der Waals surface area contributed by atoms with E-state index in [0.717, 1.165) is 0 Å². The fourth-order valence-corrected chi connectivity index (χ4v) is 1.99. The van der Waals surface area contributed by atoms with E-state index in [4.69, 9.17) is 5.11 Å². The number of carboxylic acids is 1. The first-order valence-electron chi connectivity index (χ1n) is 6.60. The molecule has 1 rings (SSSR count). The molecule has 6 heteroatoms. The molecule has 0 aliphatic carbocycles. The zero-order valence-electron chi connectivity index (χ0n) is 11.8. The molecule has 0 heterocycles. The van der Waals surface area contributed by atoms with Crippen molar-refractivity contribution in [2.75, 3.05) is 6.54 Å². The lowest BCUT2D eigenvalue weighted by Crippen LogP contribution is -2.31. The molecule has 110 valence electrons. The van der Waals surface area contributed by atoms with Gasteiger partial charge in [0.2, 0.25) is 0 Å². The summed E-state index contributed by atoms with van der Waals surface area (Å²) in [7, 11) is 0. The maximum absolute atomic E-state index is 11.0. The van der Waals surface area contributed by atoms with E-state index in [2.05, 4.69) is 0 Å². The van der Waals surface area contributed by atoms with Crippen molar-refractivity contribution in [2.24, 2.45) is 0 Å². The van der Waals surface area contributed by atoms with Crippen LogP contribution in [0.25, 0.3) is 0 Å². The second-order valence-corrected chi connectivity index (χ2v) is 4.95. The summed E-state index contributed by atoms with van der Waals surface area (Å²) in [6.07, 6.45) is 0.647. The number of nitro benzene ring substituents is 1. The van der Waals surface area contributed by atoms with Crippen LogP contribution >= 0.6 is 0 Å². The third kappa shape index (κ3) is 4.97. The number of hydrogen-bond donors (Lipinski definition) is 1. The molecular weight excluding hydrogens is 260 g/mol. The summed E-state index contributed by atoms with van der Waals surface area (Å²) in [4.78, 5) is 23.2. The summed E-state index contributed by atoms with van der Waals surface area (Å²) in [5.41, 5.74) is 0.762. The maximum atomic E-state index is 11.0. The van der Waals surface area contributed by atoms with Crippen LogP contribution in [0.2, 0.25) is 0 Å². The lowest BCUT2D eigenvalue weighted by atomic mass is 10.1. The Morgan fingerprint density at radius 1 is 1.40 bits per heavy atom.